The summed E-state index contributed by atoms with van der Waals surface area (Å²) in [5, 5.41) is 5.22. The maximum absolute atomic E-state index is 13.1. The van der Waals surface area contributed by atoms with Crippen molar-refractivity contribution in [3.63, 3.8) is 0 Å². The van der Waals surface area contributed by atoms with E-state index in [1.165, 1.54) is 6.20 Å². The van der Waals surface area contributed by atoms with Crippen molar-refractivity contribution < 1.29 is 19.1 Å². The fourth-order valence-corrected chi connectivity index (χ4v) is 3.85. The minimum Gasteiger partial charge on any atom is -0.444 e. The molecule has 9 heteroatoms. The summed E-state index contributed by atoms with van der Waals surface area (Å²) in [6.07, 6.45) is 4.26. The summed E-state index contributed by atoms with van der Waals surface area (Å²) >= 11 is 0. The van der Waals surface area contributed by atoms with Gasteiger partial charge in [-0.1, -0.05) is 13.0 Å². The molecule has 0 unspecified atom stereocenters. The van der Waals surface area contributed by atoms with Crippen LogP contribution in [-0.4, -0.2) is 44.9 Å². The number of amides is 3. The van der Waals surface area contributed by atoms with E-state index < -0.39 is 23.5 Å². The number of carbonyl (C=O) groups is 3. The maximum Gasteiger partial charge on any atom is 0.413 e. The lowest BCUT2D eigenvalue weighted by Gasteiger charge is -2.38. The first kappa shape index (κ1) is 25.1. The van der Waals surface area contributed by atoms with Gasteiger partial charge in [0.25, 0.3) is 0 Å². The second-order valence-corrected chi connectivity index (χ2v) is 9.89. The number of rotatable bonds is 3. The van der Waals surface area contributed by atoms with Crippen LogP contribution in [0.3, 0.4) is 0 Å². The second kappa shape index (κ2) is 10.2. The Kier molecular flexibility index (Phi) is 7.54. The van der Waals surface area contributed by atoms with Crippen molar-refractivity contribution in [3.05, 3.63) is 47.4 Å². The Balaban J connectivity index is 1.70. The number of aryl methyl sites for hydroxylation is 2. The maximum atomic E-state index is 13.1. The molecule has 0 bridgehead atoms. The van der Waals surface area contributed by atoms with Crippen LogP contribution in [0.15, 0.2) is 30.6 Å². The number of aromatic nitrogens is 2. The van der Waals surface area contributed by atoms with Crippen LogP contribution >= 0.6 is 0 Å². The van der Waals surface area contributed by atoms with Crippen molar-refractivity contribution in [1.82, 2.24) is 14.9 Å². The van der Waals surface area contributed by atoms with Crippen molar-refractivity contribution in [2.24, 2.45) is 5.92 Å². The molecular weight excluding hydrogens is 434 g/mol. The third kappa shape index (κ3) is 6.52. The zero-order valence-electron chi connectivity index (χ0n) is 20.6. The molecule has 182 valence electrons. The first-order valence-corrected chi connectivity index (χ1v) is 11.4. The zero-order chi connectivity index (χ0) is 25.0. The molecule has 3 heterocycles. The fourth-order valence-electron chi connectivity index (χ4n) is 3.85. The van der Waals surface area contributed by atoms with Crippen LogP contribution in [0.2, 0.25) is 0 Å². The van der Waals surface area contributed by atoms with Crippen molar-refractivity contribution in [1.29, 1.82) is 0 Å². The number of carbonyl (C=O) groups excluding carboxylic acids is 3. The van der Waals surface area contributed by atoms with E-state index in [0.717, 1.165) is 24.1 Å². The smallest absolute Gasteiger partial charge is 0.413 e. The van der Waals surface area contributed by atoms with Gasteiger partial charge in [-0.05, 0) is 76.6 Å². The topological polar surface area (TPSA) is 114 Å². The third-order valence-electron chi connectivity index (χ3n) is 5.50. The van der Waals surface area contributed by atoms with Gasteiger partial charge in [0, 0.05) is 12.7 Å². The standard InChI is InChI=1S/C25H33N5O4/c1-15-7-9-19(26-12-15)20-10-8-16(2)14-30(20)23(32)22(31)28-18-11-17(3)21(27-13-18)29-24(33)34-25(4,5)6/h7,9,11-13,16,20H,8,10,14H2,1-6H3,(H,28,31)(H,27,29,33)/t16-,20-/m1/s1. The zero-order valence-corrected chi connectivity index (χ0v) is 20.6. The number of nitrogens with zero attached hydrogens (tertiary/aromatic N) is 3. The predicted molar refractivity (Wildman–Crippen MR) is 129 cm³/mol. The van der Waals surface area contributed by atoms with Crippen molar-refractivity contribution >= 4 is 29.4 Å². The molecule has 3 rings (SSSR count). The molecule has 0 radical (unpaired) electrons. The molecule has 2 atom stereocenters. The summed E-state index contributed by atoms with van der Waals surface area (Å²) in [7, 11) is 0. The molecule has 2 aromatic heterocycles. The quantitative estimate of drug-likeness (QED) is 0.648. The van der Waals surface area contributed by atoms with E-state index in [1.54, 1.807) is 44.9 Å². The Morgan fingerprint density at radius 2 is 1.79 bits per heavy atom. The van der Waals surface area contributed by atoms with Gasteiger partial charge in [0.05, 0.1) is 23.6 Å². The Morgan fingerprint density at radius 1 is 1.06 bits per heavy atom. The van der Waals surface area contributed by atoms with Crippen LogP contribution in [0.4, 0.5) is 16.3 Å². The molecule has 9 nitrogen and oxygen atoms in total. The van der Waals surface area contributed by atoms with Gasteiger partial charge in [-0.2, -0.15) is 0 Å². The van der Waals surface area contributed by atoms with Crippen molar-refractivity contribution in [2.45, 2.75) is 66.0 Å². The summed E-state index contributed by atoms with van der Waals surface area (Å²) in [6.45, 7) is 11.6. The number of anilines is 2. The molecule has 2 N–H and O–H groups in total. The van der Waals surface area contributed by atoms with Gasteiger partial charge in [-0.25, -0.2) is 9.78 Å². The average molecular weight is 468 g/mol. The number of hydrogen-bond acceptors (Lipinski definition) is 6. The fraction of sp³-hybridized carbons (Fsp3) is 0.480. The van der Waals surface area contributed by atoms with Gasteiger partial charge < -0.3 is 15.0 Å². The summed E-state index contributed by atoms with van der Waals surface area (Å²) in [4.78, 5) is 48.3. The Labute approximate surface area is 200 Å². The van der Waals surface area contributed by atoms with Crippen LogP contribution in [0, 0.1) is 19.8 Å². The largest absolute Gasteiger partial charge is 0.444 e. The van der Waals surface area contributed by atoms with E-state index in [0.29, 0.717) is 29.5 Å². The predicted octanol–water partition coefficient (Wildman–Crippen LogP) is 4.38. The summed E-state index contributed by atoms with van der Waals surface area (Å²) < 4.78 is 5.24. The number of ether oxygens (including phenoxy) is 1. The van der Waals surface area contributed by atoms with Crippen molar-refractivity contribution in [3.8, 4) is 0 Å². The molecule has 0 aliphatic carbocycles. The summed E-state index contributed by atoms with van der Waals surface area (Å²) in [5.41, 5.74) is 2.17. The lowest BCUT2D eigenvalue weighted by molar-refractivity contribution is -0.146. The summed E-state index contributed by atoms with van der Waals surface area (Å²) in [6, 6.07) is 5.28. The van der Waals surface area contributed by atoms with Gasteiger partial charge in [-0.15, -0.1) is 0 Å². The molecule has 2 aromatic rings. The van der Waals surface area contributed by atoms with Crippen LogP contribution in [0.25, 0.3) is 0 Å². The monoisotopic (exact) mass is 467 g/mol. The van der Waals surface area contributed by atoms with Gasteiger partial charge in [-0.3, -0.25) is 19.9 Å². The average Bonchev–Trinajstić information content (AvgIpc) is 2.74. The Hall–Kier alpha value is -3.49. The van der Waals surface area contributed by atoms with Crippen LogP contribution in [-0.2, 0) is 14.3 Å². The highest BCUT2D eigenvalue weighted by atomic mass is 16.6. The van der Waals surface area contributed by atoms with Gasteiger partial charge in [0.15, 0.2) is 0 Å². The number of likely N-dealkylation sites (tertiary alicyclic amines) is 1. The highest BCUT2D eigenvalue weighted by molar-refractivity contribution is 6.39. The highest BCUT2D eigenvalue weighted by Crippen LogP contribution is 2.32. The lowest BCUT2D eigenvalue weighted by atomic mass is 9.92. The number of pyridine rings is 2. The number of nitrogens with one attached hydrogen (secondary N) is 2. The lowest BCUT2D eigenvalue weighted by Crippen LogP contribution is -2.46. The van der Waals surface area contributed by atoms with E-state index in [4.69, 9.17) is 4.74 Å². The first-order chi connectivity index (χ1) is 15.9. The van der Waals surface area contributed by atoms with Crippen molar-refractivity contribution in [2.75, 3.05) is 17.2 Å². The molecule has 0 spiro atoms. The number of piperidine rings is 1. The van der Waals surface area contributed by atoms with E-state index in [1.807, 2.05) is 19.1 Å². The molecule has 0 saturated carbocycles. The molecule has 3 amide bonds. The van der Waals surface area contributed by atoms with E-state index >= 15 is 0 Å². The molecule has 1 fully saturated rings. The minimum absolute atomic E-state index is 0.240. The van der Waals surface area contributed by atoms with Crippen LogP contribution < -0.4 is 10.6 Å². The van der Waals surface area contributed by atoms with E-state index in [-0.39, 0.29) is 6.04 Å². The molecule has 1 aliphatic rings. The normalized spacial score (nSPS) is 18.2. The first-order valence-electron chi connectivity index (χ1n) is 11.4. The van der Waals surface area contributed by atoms with Gasteiger partial charge >= 0.3 is 17.9 Å². The van der Waals surface area contributed by atoms with Gasteiger partial charge in [0.1, 0.15) is 11.4 Å². The second-order valence-electron chi connectivity index (χ2n) is 9.89. The molecule has 1 saturated heterocycles. The van der Waals surface area contributed by atoms with Crippen LogP contribution in [0.5, 0.6) is 0 Å². The highest BCUT2D eigenvalue weighted by Gasteiger charge is 2.35. The third-order valence-corrected chi connectivity index (χ3v) is 5.50. The Morgan fingerprint density at radius 3 is 2.41 bits per heavy atom. The number of hydrogen-bond donors (Lipinski definition) is 2. The molecular formula is C25H33N5O4. The van der Waals surface area contributed by atoms with E-state index in [9.17, 15) is 14.4 Å². The molecule has 0 aromatic carbocycles. The van der Waals surface area contributed by atoms with E-state index in [2.05, 4.69) is 27.5 Å². The molecule has 34 heavy (non-hydrogen) atoms. The molecule has 1 aliphatic heterocycles. The SMILES string of the molecule is Cc1ccc([C@H]2CC[C@@H](C)CN2C(=O)C(=O)Nc2cnc(NC(=O)OC(C)(C)C)c(C)c2)nc1. The minimum atomic E-state index is -0.736. The van der Waals surface area contributed by atoms with Crippen LogP contribution in [0.1, 0.15) is 63.4 Å². The van der Waals surface area contributed by atoms with Gasteiger partial charge in [0.2, 0.25) is 0 Å². The summed E-state index contributed by atoms with van der Waals surface area (Å²) in [5.74, 6) is -0.734. The Bertz CT molecular complexity index is 1060.